The highest BCUT2D eigenvalue weighted by Gasteiger charge is 2.05. The highest BCUT2D eigenvalue weighted by molar-refractivity contribution is 5.03. The smallest absolute Gasteiger partial charge is 0.257 e. The Balaban J connectivity index is 2.33. The Kier molecular flexibility index (Phi) is 4.68. The third-order valence-corrected chi connectivity index (χ3v) is 1.89. The molecule has 0 aliphatic heterocycles. The van der Waals surface area contributed by atoms with Crippen LogP contribution in [0, 0.1) is 5.92 Å². The van der Waals surface area contributed by atoms with Gasteiger partial charge in [-0.1, -0.05) is 13.8 Å². The molecule has 1 aromatic rings. The summed E-state index contributed by atoms with van der Waals surface area (Å²) in [6.45, 7) is 5.51. The van der Waals surface area contributed by atoms with E-state index < -0.39 is 6.43 Å². The largest absolute Gasteiger partial charge is 0.312 e. The predicted molar refractivity (Wildman–Crippen MR) is 54.8 cm³/mol. The molecule has 0 atom stereocenters. The van der Waals surface area contributed by atoms with Crippen LogP contribution in [0.1, 0.15) is 19.4 Å². The van der Waals surface area contributed by atoms with Gasteiger partial charge in [0.15, 0.2) is 0 Å². The molecule has 1 aromatic heterocycles. The predicted octanol–water partition coefficient (Wildman–Crippen LogP) is 1.89. The molecule has 0 amide bonds. The minimum absolute atomic E-state index is 0.329. The molecule has 1 rings (SSSR count). The van der Waals surface area contributed by atoms with Gasteiger partial charge in [0.05, 0.1) is 6.20 Å². The van der Waals surface area contributed by atoms with Crippen LogP contribution in [0.5, 0.6) is 0 Å². The zero-order valence-corrected chi connectivity index (χ0v) is 9.08. The summed E-state index contributed by atoms with van der Waals surface area (Å²) in [5.74, 6) is 0.584. The second kappa shape index (κ2) is 5.80. The fourth-order valence-corrected chi connectivity index (χ4v) is 1.24. The van der Waals surface area contributed by atoms with E-state index in [2.05, 4.69) is 24.3 Å². The molecule has 0 saturated heterocycles. The van der Waals surface area contributed by atoms with E-state index in [4.69, 9.17) is 0 Å². The highest BCUT2D eigenvalue weighted by Crippen LogP contribution is 2.01. The average molecular weight is 217 g/mol. The molecule has 15 heavy (non-hydrogen) atoms. The molecule has 0 aliphatic rings. The van der Waals surface area contributed by atoms with Crippen molar-refractivity contribution in [1.82, 2.24) is 15.1 Å². The fraction of sp³-hybridized carbons (Fsp3) is 0.700. The van der Waals surface area contributed by atoms with Crippen LogP contribution in [0.4, 0.5) is 8.78 Å². The lowest BCUT2D eigenvalue weighted by molar-refractivity contribution is 0.122. The number of rotatable bonds is 6. The first kappa shape index (κ1) is 12.1. The Morgan fingerprint density at radius 1 is 1.47 bits per heavy atom. The van der Waals surface area contributed by atoms with Gasteiger partial charge in [-0.3, -0.25) is 4.68 Å². The monoisotopic (exact) mass is 217 g/mol. The van der Waals surface area contributed by atoms with Crippen LogP contribution < -0.4 is 5.32 Å². The molecule has 0 spiro atoms. The van der Waals surface area contributed by atoms with Crippen LogP contribution in [0.25, 0.3) is 0 Å². The number of nitrogens with one attached hydrogen (secondary N) is 1. The topological polar surface area (TPSA) is 29.9 Å². The summed E-state index contributed by atoms with van der Waals surface area (Å²) in [7, 11) is 0. The quantitative estimate of drug-likeness (QED) is 0.788. The lowest BCUT2D eigenvalue weighted by Crippen LogP contribution is -2.18. The van der Waals surface area contributed by atoms with Gasteiger partial charge in [0, 0.05) is 18.3 Å². The van der Waals surface area contributed by atoms with E-state index in [-0.39, 0.29) is 6.54 Å². The molecule has 0 saturated carbocycles. The molecular weight excluding hydrogens is 200 g/mol. The van der Waals surface area contributed by atoms with Crippen molar-refractivity contribution in [3.63, 3.8) is 0 Å². The van der Waals surface area contributed by atoms with Gasteiger partial charge in [-0.05, 0) is 12.5 Å². The Labute approximate surface area is 88.5 Å². The Morgan fingerprint density at radius 3 is 2.80 bits per heavy atom. The van der Waals surface area contributed by atoms with Crippen molar-refractivity contribution in [2.45, 2.75) is 33.4 Å². The molecule has 0 radical (unpaired) electrons. The molecule has 86 valence electrons. The van der Waals surface area contributed by atoms with Gasteiger partial charge in [0.1, 0.15) is 6.54 Å². The van der Waals surface area contributed by atoms with Crippen LogP contribution >= 0.6 is 0 Å². The van der Waals surface area contributed by atoms with E-state index in [1.54, 1.807) is 12.4 Å². The van der Waals surface area contributed by atoms with Gasteiger partial charge in [-0.15, -0.1) is 0 Å². The molecule has 0 fully saturated rings. The first-order chi connectivity index (χ1) is 7.08. The van der Waals surface area contributed by atoms with Crippen molar-refractivity contribution in [3.05, 3.63) is 18.0 Å². The SMILES string of the molecule is CC(C)CNCc1cnn(CC(F)F)c1. The molecule has 0 bridgehead atoms. The van der Waals surface area contributed by atoms with Gasteiger partial charge in [0.25, 0.3) is 6.43 Å². The van der Waals surface area contributed by atoms with Crippen LogP contribution in [-0.2, 0) is 13.1 Å². The molecular formula is C10H17F2N3. The number of alkyl halides is 2. The number of hydrogen-bond donors (Lipinski definition) is 1. The number of nitrogens with zero attached hydrogens (tertiary/aromatic N) is 2. The molecule has 0 aliphatic carbocycles. The molecule has 0 unspecified atom stereocenters. The maximum absolute atomic E-state index is 12.0. The number of aromatic nitrogens is 2. The van der Waals surface area contributed by atoms with Crippen LogP contribution in [0.15, 0.2) is 12.4 Å². The third-order valence-electron chi connectivity index (χ3n) is 1.89. The van der Waals surface area contributed by atoms with E-state index >= 15 is 0 Å². The molecule has 0 aromatic carbocycles. The van der Waals surface area contributed by atoms with Crippen molar-refractivity contribution in [2.75, 3.05) is 6.54 Å². The zero-order valence-electron chi connectivity index (χ0n) is 9.08. The van der Waals surface area contributed by atoms with E-state index in [0.717, 1.165) is 12.1 Å². The minimum atomic E-state index is -2.35. The van der Waals surface area contributed by atoms with E-state index in [1.807, 2.05) is 0 Å². The molecule has 3 nitrogen and oxygen atoms in total. The molecule has 5 heteroatoms. The maximum atomic E-state index is 12.0. The minimum Gasteiger partial charge on any atom is -0.312 e. The first-order valence-electron chi connectivity index (χ1n) is 5.08. The number of halogens is 2. The molecule has 1 heterocycles. The highest BCUT2D eigenvalue weighted by atomic mass is 19.3. The summed E-state index contributed by atoms with van der Waals surface area (Å²) in [4.78, 5) is 0. The summed E-state index contributed by atoms with van der Waals surface area (Å²) in [5.41, 5.74) is 0.941. The summed E-state index contributed by atoms with van der Waals surface area (Å²) in [6, 6.07) is 0. The Hall–Kier alpha value is -0.970. The lowest BCUT2D eigenvalue weighted by Gasteiger charge is -2.05. The van der Waals surface area contributed by atoms with Crippen LogP contribution in [-0.4, -0.2) is 22.8 Å². The molecule has 1 N–H and O–H groups in total. The van der Waals surface area contributed by atoms with Crippen LogP contribution in [0.3, 0.4) is 0 Å². The summed E-state index contributed by atoms with van der Waals surface area (Å²) < 4.78 is 25.3. The van der Waals surface area contributed by atoms with Gasteiger partial charge in [-0.25, -0.2) is 8.78 Å². The fourth-order valence-electron chi connectivity index (χ4n) is 1.24. The Bertz CT molecular complexity index is 284. The van der Waals surface area contributed by atoms with Crippen molar-refractivity contribution in [1.29, 1.82) is 0 Å². The zero-order chi connectivity index (χ0) is 11.3. The first-order valence-corrected chi connectivity index (χ1v) is 5.08. The second-order valence-corrected chi connectivity index (χ2v) is 3.99. The number of hydrogen-bond acceptors (Lipinski definition) is 2. The van der Waals surface area contributed by atoms with Gasteiger partial charge >= 0.3 is 0 Å². The van der Waals surface area contributed by atoms with Crippen molar-refractivity contribution < 1.29 is 8.78 Å². The normalized spacial score (nSPS) is 11.6. The van der Waals surface area contributed by atoms with Crippen molar-refractivity contribution in [3.8, 4) is 0 Å². The van der Waals surface area contributed by atoms with E-state index in [9.17, 15) is 8.78 Å². The van der Waals surface area contributed by atoms with Crippen molar-refractivity contribution in [2.24, 2.45) is 5.92 Å². The second-order valence-electron chi connectivity index (χ2n) is 3.99. The van der Waals surface area contributed by atoms with E-state index in [1.165, 1.54) is 4.68 Å². The summed E-state index contributed by atoms with van der Waals surface area (Å²) in [5, 5.41) is 7.08. The van der Waals surface area contributed by atoms with Gasteiger partial charge in [0.2, 0.25) is 0 Å². The van der Waals surface area contributed by atoms with Gasteiger partial charge in [-0.2, -0.15) is 5.10 Å². The third kappa shape index (κ3) is 4.88. The maximum Gasteiger partial charge on any atom is 0.257 e. The van der Waals surface area contributed by atoms with Crippen molar-refractivity contribution >= 4 is 0 Å². The van der Waals surface area contributed by atoms with Crippen LogP contribution in [0.2, 0.25) is 0 Å². The van der Waals surface area contributed by atoms with E-state index in [0.29, 0.717) is 12.5 Å². The lowest BCUT2D eigenvalue weighted by atomic mass is 10.2. The Morgan fingerprint density at radius 2 is 2.20 bits per heavy atom. The standard InChI is InChI=1S/C10H17F2N3/c1-8(2)3-13-4-9-5-14-15(6-9)7-10(11)12/h5-6,8,10,13H,3-4,7H2,1-2H3. The summed E-state index contributed by atoms with van der Waals surface area (Å²) in [6.07, 6.45) is 0.927. The summed E-state index contributed by atoms with van der Waals surface area (Å²) >= 11 is 0. The van der Waals surface area contributed by atoms with Gasteiger partial charge < -0.3 is 5.32 Å². The average Bonchev–Trinajstić information content (AvgIpc) is 2.50.